The Labute approximate surface area is 175 Å². The zero-order chi connectivity index (χ0) is 21.2. The van der Waals surface area contributed by atoms with E-state index < -0.39 is 6.03 Å². The second-order valence-corrected chi connectivity index (χ2v) is 6.90. The number of halogens is 1. The highest BCUT2D eigenvalue weighted by Gasteiger charge is 2.15. The van der Waals surface area contributed by atoms with Crippen LogP contribution < -0.4 is 25.0 Å². The number of urea groups is 1. The topological polar surface area (TPSA) is 81.1 Å². The van der Waals surface area contributed by atoms with E-state index in [1.807, 2.05) is 45.2 Å². The van der Waals surface area contributed by atoms with Crippen LogP contribution in [0.4, 0.5) is 10.5 Å². The Kier molecular flexibility index (Phi) is 8.76. The van der Waals surface area contributed by atoms with E-state index in [-0.39, 0.29) is 12.5 Å². The highest BCUT2D eigenvalue weighted by molar-refractivity contribution is 6.30. The molecule has 29 heavy (non-hydrogen) atoms. The zero-order valence-corrected chi connectivity index (χ0v) is 17.6. The quantitative estimate of drug-likeness (QED) is 0.582. The average molecular weight is 421 g/mol. The molecule has 0 aromatic heterocycles. The number of likely N-dealkylation sites (N-methyl/N-ethyl adjacent to an activating group) is 1. The fraction of sp³-hybridized carbons (Fsp3) is 0.333. The summed E-state index contributed by atoms with van der Waals surface area (Å²) in [5, 5.41) is 5.65. The molecule has 0 spiro atoms. The Hall–Kier alpha value is -2.77. The first kappa shape index (κ1) is 22.5. The fourth-order valence-corrected chi connectivity index (χ4v) is 2.88. The lowest BCUT2D eigenvalue weighted by Gasteiger charge is -2.15. The van der Waals surface area contributed by atoms with Crippen molar-refractivity contribution in [2.75, 3.05) is 32.1 Å². The van der Waals surface area contributed by atoms with Crippen molar-refractivity contribution in [3.63, 3.8) is 0 Å². The number of amides is 3. The molecular formula is C21H27ClN3O4+. The van der Waals surface area contributed by atoms with Gasteiger partial charge in [0.25, 0.3) is 5.91 Å². The van der Waals surface area contributed by atoms with E-state index >= 15 is 0 Å². The van der Waals surface area contributed by atoms with Crippen LogP contribution in [0.5, 0.6) is 11.5 Å². The van der Waals surface area contributed by atoms with E-state index in [1.54, 1.807) is 18.2 Å². The largest absolute Gasteiger partial charge is 0.490 e. The number of benzene rings is 2. The van der Waals surface area contributed by atoms with Gasteiger partial charge in [-0.2, -0.15) is 0 Å². The van der Waals surface area contributed by atoms with Gasteiger partial charge in [0.1, 0.15) is 6.54 Å². The van der Waals surface area contributed by atoms with Crippen LogP contribution in [0.1, 0.15) is 19.4 Å². The molecule has 0 heterocycles. The van der Waals surface area contributed by atoms with Crippen LogP contribution in [-0.2, 0) is 11.3 Å². The van der Waals surface area contributed by atoms with Gasteiger partial charge in [-0.1, -0.05) is 23.7 Å². The number of carbonyl (C=O) groups is 2. The Morgan fingerprint density at radius 1 is 1.00 bits per heavy atom. The number of ether oxygens (including phenoxy) is 2. The van der Waals surface area contributed by atoms with Gasteiger partial charge < -0.3 is 19.7 Å². The first-order valence-electron chi connectivity index (χ1n) is 9.47. The molecule has 1 unspecified atom stereocenters. The summed E-state index contributed by atoms with van der Waals surface area (Å²) in [6, 6.07) is 11.9. The lowest BCUT2D eigenvalue weighted by Crippen LogP contribution is -3.09. The smallest absolute Gasteiger partial charge is 0.326 e. The molecule has 0 radical (unpaired) electrons. The minimum absolute atomic E-state index is 0.156. The van der Waals surface area contributed by atoms with Gasteiger partial charge in [-0.05, 0) is 38.1 Å². The molecule has 0 bridgehead atoms. The molecule has 0 aliphatic rings. The highest BCUT2D eigenvalue weighted by atomic mass is 35.5. The second kappa shape index (κ2) is 11.3. The first-order valence-corrected chi connectivity index (χ1v) is 9.85. The van der Waals surface area contributed by atoms with Crippen LogP contribution in [0.2, 0.25) is 5.02 Å². The van der Waals surface area contributed by atoms with Gasteiger partial charge in [0.15, 0.2) is 18.0 Å². The maximum atomic E-state index is 12.1. The van der Waals surface area contributed by atoms with Gasteiger partial charge in [-0.3, -0.25) is 10.1 Å². The van der Waals surface area contributed by atoms with Crippen molar-refractivity contribution in [3.05, 3.63) is 53.1 Å². The Morgan fingerprint density at radius 2 is 1.66 bits per heavy atom. The summed E-state index contributed by atoms with van der Waals surface area (Å²) in [4.78, 5) is 25.2. The van der Waals surface area contributed by atoms with Crippen molar-refractivity contribution < 1.29 is 24.0 Å². The monoisotopic (exact) mass is 420 g/mol. The number of rotatable bonds is 9. The fourth-order valence-electron chi connectivity index (χ4n) is 2.75. The number of imide groups is 1. The van der Waals surface area contributed by atoms with Crippen molar-refractivity contribution >= 4 is 29.2 Å². The molecule has 0 fully saturated rings. The molecule has 156 valence electrons. The predicted octanol–water partition coefficient (Wildman–Crippen LogP) is 2.50. The van der Waals surface area contributed by atoms with Gasteiger partial charge in [0.2, 0.25) is 0 Å². The summed E-state index contributed by atoms with van der Waals surface area (Å²) >= 11 is 5.88. The third-order valence-corrected chi connectivity index (χ3v) is 4.19. The number of hydrogen-bond acceptors (Lipinski definition) is 4. The maximum absolute atomic E-state index is 12.1. The van der Waals surface area contributed by atoms with Crippen LogP contribution >= 0.6 is 11.6 Å². The van der Waals surface area contributed by atoms with E-state index in [0.29, 0.717) is 42.0 Å². The van der Waals surface area contributed by atoms with Crippen LogP contribution in [0.25, 0.3) is 0 Å². The molecule has 2 rings (SSSR count). The average Bonchev–Trinajstić information content (AvgIpc) is 2.65. The van der Waals surface area contributed by atoms with E-state index in [2.05, 4.69) is 10.6 Å². The summed E-state index contributed by atoms with van der Waals surface area (Å²) < 4.78 is 11.0. The number of anilines is 1. The summed E-state index contributed by atoms with van der Waals surface area (Å²) in [6.07, 6.45) is 0. The van der Waals surface area contributed by atoms with Gasteiger partial charge >= 0.3 is 6.03 Å². The lowest BCUT2D eigenvalue weighted by atomic mass is 10.2. The SMILES string of the molecule is CCOc1ccc(NC(=O)NC(=O)C[NH+](C)Cc2ccc(Cl)cc2)cc1OCC. The summed E-state index contributed by atoms with van der Waals surface area (Å²) in [6.45, 7) is 5.52. The van der Waals surface area contributed by atoms with Crippen molar-refractivity contribution in [2.45, 2.75) is 20.4 Å². The number of hydrogen-bond donors (Lipinski definition) is 3. The number of nitrogens with one attached hydrogen (secondary N) is 3. The summed E-state index contributed by atoms with van der Waals surface area (Å²) in [5.74, 6) is 0.763. The summed E-state index contributed by atoms with van der Waals surface area (Å²) in [7, 11) is 1.88. The minimum atomic E-state index is -0.596. The summed E-state index contributed by atoms with van der Waals surface area (Å²) in [5.41, 5.74) is 1.56. The lowest BCUT2D eigenvalue weighted by molar-refractivity contribution is -0.885. The van der Waals surface area contributed by atoms with Crippen molar-refractivity contribution in [2.24, 2.45) is 0 Å². The van der Waals surface area contributed by atoms with E-state index in [9.17, 15) is 9.59 Å². The Morgan fingerprint density at radius 3 is 2.31 bits per heavy atom. The minimum Gasteiger partial charge on any atom is -0.490 e. The highest BCUT2D eigenvalue weighted by Crippen LogP contribution is 2.30. The van der Waals surface area contributed by atoms with E-state index in [4.69, 9.17) is 21.1 Å². The first-order chi connectivity index (χ1) is 13.9. The van der Waals surface area contributed by atoms with Gasteiger partial charge in [-0.15, -0.1) is 0 Å². The molecule has 2 aromatic rings. The molecule has 0 aliphatic heterocycles. The molecule has 2 aromatic carbocycles. The third-order valence-electron chi connectivity index (χ3n) is 3.94. The molecule has 0 saturated heterocycles. The Balaban J connectivity index is 1.86. The van der Waals surface area contributed by atoms with Crippen molar-refractivity contribution in [1.82, 2.24) is 5.32 Å². The van der Waals surface area contributed by atoms with Crippen molar-refractivity contribution in [1.29, 1.82) is 0 Å². The van der Waals surface area contributed by atoms with Gasteiger partial charge in [-0.25, -0.2) is 4.79 Å². The molecule has 3 amide bonds. The third kappa shape index (κ3) is 7.63. The number of carbonyl (C=O) groups excluding carboxylic acids is 2. The Bertz CT molecular complexity index is 827. The van der Waals surface area contributed by atoms with E-state index in [0.717, 1.165) is 10.5 Å². The molecule has 1 atom stereocenters. The predicted molar refractivity (Wildman–Crippen MR) is 113 cm³/mol. The normalized spacial score (nSPS) is 11.4. The van der Waals surface area contributed by atoms with Gasteiger partial charge in [0.05, 0.1) is 20.3 Å². The number of quaternary nitrogens is 1. The molecule has 0 aliphatic carbocycles. The van der Waals surface area contributed by atoms with Crippen LogP contribution in [0.3, 0.4) is 0 Å². The van der Waals surface area contributed by atoms with E-state index in [1.165, 1.54) is 0 Å². The van der Waals surface area contributed by atoms with Crippen LogP contribution in [-0.4, -0.2) is 38.7 Å². The molecule has 0 saturated carbocycles. The van der Waals surface area contributed by atoms with Crippen LogP contribution in [0, 0.1) is 0 Å². The van der Waals surface area contributed by atoms with Crippen LogP contribution in [0.15, 0.2) is 42.5 Å². The molecule has 7 nitrogen and oxygen atoms in total. The molecular weight excluding hydrogens is 394 g/mol. The second-order valence-electron chi connectivity index (χ2n) is 6.47. The molecule has 3 N–H and O–H groups in total. The molecule has 8 heteroatoms. The van der Waals surface area contributed by atoms with Gasteiger partial charge in [0, 0.05) is 22.3 Å². The standard InChI is InChI=1S/C21H26ClN3O4/c1-4-28-18-11-10-17(12-19(18)29-5-2)23-21(27)24-20(26)14-25(3)13-15-6-8-16(22)9-7-15/h6-12H,4-5,13-14H2,1-3H3,(H2,23,24,26,27)/p+1. The zero-order valence-electron chi connectivity index (χ0n) is 16.9. The maximum Gasteiger partial charge on any atom is 0.326 e. The van der Waals surface area contributed by atoms with Crippen molar-refractivity contribution in [3.8, 4) is 11.5 Å².